The lowest BCUT2D eigenvalue weighted by atomic mass is 10.1. The van der Waals surface area contributed by atoms with Crippen LogP contribution in [0.4, 0.5) is 0 Å². The van der Waals surface area contributed by atoms with E-state index in [9.17, 15) is 0 Å². The minimum Gasteiger partial charge on any atom is -0.486 e. The van der Waals surface area contributed by atoms with Crippen LogP contribution in [0, 0.1) is 25.2 Å². The van der Waals surface area contributed by atoms with Crippen LogP contribution in [0.2, 0.25) is 0 Å². The first-order chi connectivity index (χ1) is 9.65. The molecule has 0 aliphatic carbocycles. The van der Waals surface area contributed by atoms with Crippen LogP contribution in [0.25, 0.3) is 0 Å². The van der Waals surface area contributed by atoms with Crippen molar-refractivity contribution in [3.05, 3.63) is 44.9 Å². The Morgan fingerprint density at radius 2 is 2.15 bits per heavy atom. The highest BCUT2D eigenvalue weighted by molar-refractivity contribution is 7.12. The molecule has 2 rings (SSSR count). The quantitative estimate of drug-likeness (QED) is 0.829. The van der Waals surface area contributed by atoms with Gasteiger partial charge in [0.25, 0.3) is 0 Å². The van der Waals surface area contributed by atoms with Crippen LogP contribution in [-0.2, 0) is 13.0 Å². The predicted octanol–water partition coefficient (Wildman–Crippen LogP) is 4.16. The summed E-state index contributed by atoms with van der Waals surface area (Å²) >= 11 is 1.43. The Balaban J connectivity index is 2.11. The second-order valence-electron chi connectivity index (χ2n) is 4.73. The summed E-state index contributed by atoms with van der Waals surface area (Å²) in [4.78, 5) is 5.22. The fourth-order valence-corrected chi connectivity index (χ4v) is 2.80. The van der Waals surface area contributed by atoms with E-state index in [0.717, 1.165) is 34.9 Å². The first-order valence-electron chi connectivity index (χ1n) is 6.73. The van der Waals surface area contributed by atoms with E-state index in [1.807, 2.05) is 12.1 Å². The standard InChI is InChI=1S/C16H18N2OS/c1-4-6-13-15(9-17)20-16(18-13)10-19-14-8-5-7-11(2)12(14)3/h5,7-8H,4,6,10H2,1-3H3. The summed E-state index contributed by atoms with van der Waals surface area (Å²) in [6.07, 6.45) is 1.85. The van der Waals surface area contributed by atoms with E-state index in [0.29, 0.717) is 11.5 Å². The maximum atomic E-state index is 9.10. The molecule has 0 aliphatic rings. The van der Waals surface area contributed by atoms with Gasteiger partial charge in [-0.2, -0.15) is 5.26 Å². The third kappa shape index (κ3) is 3.17. The zero-order valence-electron chi connectivity index (χ0n) is 12.1. The van der Waals surface area contributed by atoms with Gasteiger partial charge in [-0.3, -0.25) is 0 Å². The lowest BCUT2D eigenvalue weighted by Gasteiger charge is -2.09. The Morgan fingerprint density at radius 1 is 1.35 bits per heavy atom. The minimum absolute atomic E-state index is 0.424. The normalized spacial score (nSPS) is 10.3. The molecule has 104 valence electrons. The molecule has 0 amide bonds. The molecule has 0 spiro atoms. The Morgan fingerprint density at radius 3 is 2.85 bits per heavy atom. The van der Waals surface area contributed by atoms with Gasteiger partial charge in [0.05, 0.1) is 5.69 Å². The van der Waals surface area contributed by atoms with E-state index in [-0.39, 0.29) is 0 Å². The van der Waals surface area contributed by atoms with Crippen molar-refractivity contribution in [2.24, 2.45) is 0 Å². The van der Waals surface area contributed by atoms with Gasteiger partial charge in [0.15, 0.2) is 0 Å². The van der Waals surface area contributed by atoms with E-state index in [4.69, 9.17) is 10.00 Å². The van der Waals surface area contributed by atoms with Crippen molar-refractivity contribution in [1.82, 2.24) is 4.98 Å². The lowest BCUT2D eigenvalue weighted by Crippen LogP contribution is -1.98. The third-order valence-corrected chi connectivity index (χ3v) is 4.21. The van der Waals surface area contributed by atoms with Gasteiger partial charge in [-0.15, -0.1) is 11.3 Å². The van der Waals surface area contributed by atoms with Gasteiger partial charge in [-0.1, -0.05) is 25.5 Å². The maximum Gasteiger partial charge on any atom is 0.140 e. The van der Waals surface area contributed by atoms with Gasteiger partial charge in [0.2, 0.25) is 0 Å². The summed E-state index contributed by atoms with van der Waals surface area (Å²) in [7, 11) is 0. The van der Waals surface area contributed by atoms with Crippen LogP contribution in [-0.4, -0.2) is 4.98 Å². The lowest BCUT2D eigenvalue weighted by molar-refractivity contribution is 0.303. The van der Waals surface area contributed by atoms with Crippen LogP contribution >= 0.6 is 11.3 Å². The molecule has 0 unspecified atom stereocenters. The molecule has 0 radical (unpaired) electrons. The summed E-state index contributed by atoms with van der Waals surface area (Å²) in [6, 6.07) is 8.24. The zero-order chi connectivity index (χ0) is 14.5. The Kier molecular flexibility index (Phi) is 4.75. The largest absolute Gasteiger partial charge is 0.486 e. The van der Waals surface area contributed by atoms with E-state index >= 15 is 0 Å². The van der Waals surface area contributed by atoms with E-state index < -0.39 is 0 Å². The smallest absolute Gasteiger partial charge is 0.140 e. The van der Waals surface area contributed by atoms with Crippen LogP contribution in [0.15, 0.2) is 18.2 Å². The predicted molar refractivity (Wildman–Crippen MR) is 81.1 cm³/mol. The second-order valence-corrected chi connectivity index (χ2v) is 5.82. The van der Waals surface area contributed by atoms with E-state index in [2.05, 4.69) is 37.9 Å². The van der Waals surface area contributed by atoms with Gasteiger partial charge in [-0.25, -0.2) is 4.98 Å². The van der Waals surface area contributed by atoms with Gasteiger partial charge in [0, 0.05) is 0 Å². The highest BCUT2D eigenvalue weighted by atomic mass is 32.1. The number of benzene rings is 1. The first-order valence-corrected chi connectivity index (χ1v) is 7.55. The zero-order valence-corrected chi connectivity index (χ0v) is 12.9. The fourth-order valence-electron chi connectivity index (χ4n) is 1.98. The molecule has 0 saturated heterocycles. The highest BCUT2D eigenvalue weighted by Gasteiger charge is 2.11. The summed E-state index contributed by atoms with van der Waals surface area (Å²) in [5.74, 6) is 0.885. The molecular weight excluding hydrogens is 268 g/mol. The Bertz CT molecular complexity index is 640. The van der Waals surface area contributed by atoms with Crippen molar-refractivity contribution in [3.8, 4) is 11.8 Å². The fraction of sp³-hybridized carbons (Fsp3) is 0.375. The van der Waals surface area contributed by atoms with Crippen molar-refractivity contribution in [2.75, 3.05) is 0 Å². The maximum absolute atomic E-state index is 9.10. The molecule has 1 aromatic carbocycles. The monoisotopic (exact) mass is 286 g/mol. The Hall–Kier alpha value is -1.86. The number of nitriles is 1. The highest BCUT2D eigenvalue weighted by Crippen LogP contribution is 2.24. The van der Waals surface area contributed by atoms with Crippen LogP contribution < -0.4 is 4.74 Å². The molecule has 20 heavy (non-hydrogen) atoms. The SMILES string of the molecule is CCCc1nc(COc2cccc(C)c2C)sc1C#N. The van der Waals surface area contributed by atoms with E-state index in [1.165, 1.54) is 16.9 Å². The number of hydrogen-bond acceptors (Lipinski definition) is 4. The average molecular weight is 286 g/mol. The number of hydrogen-bond donors (Lipinski definition) is 0. The van der Waals surface area contributed by atoms with Crippen molar-refractivity contribution in [3.63, 3.8) is 0 Å². The van der Waals surface area contributed by atoms with Crippen molar-refractivity contribution >= 4 is 11.3 Å². The van der Waals surface area contributed by atoms with E-state index in [1.54, 1.807) is 0 Å². The molecule has 3 nitrogen and oxygen atoms in total. The molecule has 1 aromatic heterocycles. The van der Waals surface area contributed by atoms with Gasteiger partial charge in [-0.05, 0) is 37.5 Å². The summed E-state index contributed by atoms with van der Waals surface area (Å²) < 4.78 is 5.83. The molecule has 0 saturated carbocycles. The number of aromatic nitrogens is 1. The second kappa shape index (κ2) is 6.53. The molecule has 0 fully saturated rings. The minimum atomic E-state index is 0.424. The van der Waals surface area contributed by atoms with Gasteiger partial charge >= 0.3 is 0 Å². The van der Waals surface area contributed by atoms with Gasteiger partial charge < -0.3 is 4.74 Å². The molecular formula is C16H18N2OS. The molecule has 2 aromatic rings. The molecule has 0 atom stereocenters. The van der Waals surface area contributed by atoms with Crippen molar-refractivity contribution in [2.45, 2.75) is 40.2 Å². The summed E-state index contributed by atoms with van der Waals surface area (Å²) in [6.45, 7) is 6.63. The number of ether oxygens (including phenoxy) is 1. The molecule has 4 heteroatoms. The number of nitrogens with zero attached hydrogens (tertiary/aromatic N) is 2. The molecule has 0 aliphatic heterocycles. The summed E-state index contributed by atoms with van der Waals surface area (Å²) in [5, 5.41) is 9.97. The number of thiazole rings is 1. The van der Waals surface area contributed by atoms with Crippen molar-refractivity contribution < 1.29 is 4.74 Å². The molecule has 0 bridgehead atoms. The number of rotatable bonds is 5. The van der Waals surface area contributed by atoms with Crippen LogP contribution in [0.3, 0.4) is 0 Å². The topological polar surface area (TPSA) is 45.9 Å². The Labute approximate surface area is 123 Å². The molecule has 1 heterocycles. The first kappa shape index (κ1) is 14.5. The van der Waals surface area contributed by atoms with Gasteiger partial charge in [0.1, 0.15) is 28.3 Å². The average Bonchev–Trinajstić information content (AvgIpc) is 2.83. The summed E-state index contributed by atoms with van der Waals surface area (Å²) in [5.41, 5.74) is 3.27. The van der Waals surface area contributed by atoms with Crippen LogP contribution in [0.1, 0.15) is 40.1 Å². The number of aryl methyl sites for hydroxylation is 2. The third-order valence-electron chi connectivity index (χ3n) is 3.24. The van der Waals surface area contributed by atoms with Crippen molar-refractivity contribution in [1.29, 1.82) is 5.26 Å². The molecule has 0 N–H and O–H groups in total. The van der Waals surface area contributed by atoms with Crippen LogP contribution in [0.5, 0.6) is 5.75 Å².